The summed E-state index contributed by atoms with van der Waals surface area (Å²) in [5.41, 5.74) is 1.15. The fourth-order valence-corrected chi connectivity index (χ4v) is 3.50. The molecular formula is C16H25ClN2O3S. The number of amides is 1. The predicted octanol–water partition coefficient (Wildman–Crippen LogP) is 2.96. The van der Waals surface area contributed by atoms with E-state index in [0.717, 1.165) is 16.1 Å². The molecule has 0 aliphatic heterocycles. The fourth-order valence-electron chi connectivity index (χ4n) is 2.11. The monoisotopic (exact) mass is 360 g/mol. The first-order valence-electron chi connectivity index (χ1n) is 7.51. The number of benzene rings is 1. The van der Waals surface area contributed by atoms with Crippen molar-refractivity contribution >= 4 is 33.2 Å². The molecule has 1 aromatic carbocycles. The van der Waals surface area contributed by atoms with Crippen molar-refractivity contribution in [1.82, 2.24) is 5.32 Å². The molecule has 1 N–H and O–H groups in total. The van der Waals surface area contributed by atoms with Crippen LogP contribution in [0.4, 0.5) is 5.69 Å². The summed E-state index contributed by atoms with van der Waals surface area (Å²) < 4.78 is 25.6. The van der Waals surface area contributed by atoms with Crippen LogP contribution in [-0.2, 0) is 14.8 Å². The van der Waals surface area contributed by atoms with Gasteiger partial charge < -0.3 is 5.32 Å². The summed E-state index contributed by atoms with van der Waals surface area (Å²) in [4.78, 5) is 12.5. The normalized spacial score (nSPS) is 14.4. The van der Waals surface area contributed by atoms with Crippen molar-refractivity contribution in [3.63, 3.8) is 0 Å². The van der Waals surface area contributed by atoms with E-state index in [1.165, 1.54) is 0 Å². The Balaban J connectivity index is 3.23. The van der Waals surface area contributed by atoms with Crippen LogP contribution in [0.1, 0.15) is 33.3 Å². The molecule has 0 spiro atoms. The molecular weight excluding hydrogens is 336 g/mol. The number of nitrogens with zero attached hydrogens (tertiary/aromatic N) is 1. The Bertz CT molecular complexity index is 674. The summed E-state index contributed by atoms with van der Waals surface area (Å²) in [6.45, 7) is 9.23. The Morgan fingerprint density at radius 3 is 2.26 bits per heavy atom. The van der Waals surface area contributed by atoms with Crippen LogP contribution in [0.15, 0.2) is 18.2 Å². The summed E-state index contributed by atoms with van der Waals surface area (Å²) in [5, 5.41) is 3.28. The molecule has 0 bridgehead atoms. The molecule has 1 aromatic rings. The molecule has 0 aromatic heterocycles. The summed E-state index contributed by atoms with van der Waals surface area (Å²) in [6.07, 6.45) is 1.09. The number of halogens is 1. The van der Waals surface area contributed by atoms with Gasteiger partial charge in [-0.2, -0.15) is 0 Å². The van der Waals surface area contributed by atoms with E-state index in [2.05, 4.69) is 5.32 Å². The second-order valence-electron chi connectivity index (χ2n) is 6.21. The molecule has 2 atom stereocenters. The average Bonchev–Trinajstić information content (AvgIpc) is 2.40. The van der Waals surface area contributed by atoms with E-state index >= 15 is 0 Å². The highest BCUT2D eigenvalue weighted by Gasteiger charge is 2.31. The van der Waals surface area contributed by atoms with E-state index in [-0.39, 0.29) is 17.9 Å². The summed E-state index contributed by atoms with van der Waals surface area (Å²) in [7, 11) is -3.64. The molecule has 0 saturated heterocycles. The molecule has 0 heterocycles. The molecule has 23 heavy (non-hydrogen) atoms. The van der Waals surface area contributed by atoms with Crippen LogP contribution in [0.3, 0.4) is 0 Å². The largest absolute Gasteiger partial charge is 0.352 e. The van der Waals surface area contributed by atoms with E-state index in [9.17, 15) is 13.2 Å². The minimum atomic E-state index is -3.64. The van der Waals surface area contributed by atoms with Crippen LogP contribution >= 0.6 is 11.6 Å². The number of anilines is 1. The third kappa shape index (κ3) is 5.11. The molecule has 5 nitrogen and oxygen atoms in total. The molecule has 0 aliphatic rings. The topological polar surface area (TPSA) is 66.5 Å². The van der Waals surface area contributed by atoms with Crippen LogP contribution in [0, 0.1) is 12.8 Å². The molecule has 0 saturated carbocycles. The van der Waals surface area contributed by atoms with Gasteiger partial charge in [-0.1, -0.05) is 31.5 Å². The highest BCUT2D eigenvalue weighted by atomic mass is 35.5. The fraction of sp³-hybridized carbons (Fsp3) is 0.562. The summed E-state index contributed by atoms with van der Waals surface area (Å²) in [5.74, 6) is -0.0817. The number of hydrogen-bond donors (Lipinski definition) is 1. The van der Waals surface area contributed by atoms with Gasteiger partial charge in [-0.15, -0.1) is 0 Å². The molecule has 0 radical (unpaired) electrons. The lowest BCUT2D eigenvalue weighted by molar-refractivity contribution is -0.122. The highest BCUT2D eigenvalue weighted by molar-refractivity contribution is 7.92. The van der Waals surface area contributed by atoms with Crippen LogP contribution in [0.25, 0.3) is 0 Å². The van der Waals surface area contributed by atoms with E-state index in [4.69, 9.17) is 11.6 Å². The van der Waals surface area contributed by atoms with Gasteiger partial charge in [0.2, 0.25) is 15.9 Å². The molecule has 0 aliphatic carbocycles. The van der Waals surface area contributed by atoms with Gasteiger partial charge in [-0.25, -0.2) is 8.42 Å². The zero-order valence-electron chi connectivity index (χ0n) is 14.4. The van der Waals surface area contributed by atoms with Crippen LogP contribution < -0.4 is 9.62 Å². The Morgan fingerprint density at radius 1 is 1.22 bits per heavy atom. The van der Waals surface area contributed by atoms with Crippen LogP contribution in [0.5, 0.6) is 0 Å². The Kier molecular flexibility index (Phi) is 6.48. The van der Waals surface area contributed by atoms with E-state index in [0.29, 0.717) is 10.7 Å². The molecule has 0 fully saturated rings. The lowest BCUT2D eigenvalue weighted by atomic mass is 10.1. The van der Waals surface area contributed by atoms with Crippen molar-refractivity contribution < 1.29 is 13.2 Å². The maximum Gasteiger partial charge on any atom is 0.243 e. The van der Waals surface area contributed by atoms with Gasteiger partial charge in [0.1, 0.15) is 6.04 Å². The first-order chi connectivity index (χ1) is 10.4. The van der Waals surface area contributed by atoms with Crippen molar-refractivity contribution in [2.75, 3.05) is 10.6 Å². The number of aryl methyl sites for hydroxylation is 1. The van der Waals surface area contributed by atoms with Crippen molar-refractivity contribution in [3.8, 4) is 0 Å². The first kappa shape index (κ1) is 19.8. The van der Waals surface area contributed by atoms with Crippen molar-refractivity contribution in [2.45, 2.75) is 46.7 Å². The molecule has 1 rings (SSSR count). The van der Waals surface area contributed by atoms with Gasteiger partial charge in [0, 0.05) is 11.1 Å². The predicted molar refractivity (Wildman–Crippen MR) is 95.4 cm³/mol. The van der Waals surface area contributed by atoms with Crippen LogP contribution in [-0.4, -0.2) is 32.7 Å². The first-order valence-corrected chi connectivity index (χ1v) is 9.73. The number of carbonyl (C=O) groups excluding carboxylic acids is 1. The quantitative estimate of drug-likeness (QED) is 0.848. The summed E-state index contributed by atoms with van der Waals surface area (Å²) >= 11 is 6.00. The Labute approximate surface area is 144 Å². The second kappa shape index (κ2) is 7.53. The minimum absolute atomic E-state index is 0.0492. The van der Waals surface area contributed by atoms with Gasteiger partial charge in [0.25, 0.3) is 0 Å². The van der Waals surface area contributed by atoms with Gasteiger partial charge in [0.05, 0.1) is 11.9 Å². The summed E-state index contributed by atoms with van der Waals surface area (Å²) in [6, 6.07) is 4.06. The standard InChI is InChI=1S/C16H25ClN2O3S/c1-10(2)12(4)18-16(20)13(5)19(23(6,21)22)15-9-14(17)8-7-11(15)3/h7-10,12-13H,1-6H3,(H,18,20)/t12-,13-/m1/s1. The SMILES string of the molecule is Cc1ccc(Cl)cc1N([C@H](C)C(=O)N[C@H](C)C(C)C)S(C)(=O)=O. The smallest absolute Gasteiger partial charge is 0.243 e. The average molecular weight is 361 g/mol. The van der Waals surface area contributed by atoms with E-state index in [1.54, 1.807) is 32.0 Å². The number of carbonyl (C=O) groups is 1. The third-order valence-corrected chi connectivity index (χ3v) is 5.33. The maximum absolute atomic E-state index is 12.5. The lowest BCUT2D eigenvalue weighted by Crippen LogP contribution is -2.50. The zero-order chi connectivity index (χ0) is 17.9. The van der Waals surface area contributed by atoms with Crippen molar-refractivity contribution in [1.29, 1.82) is 0 Å². The van der Waals surface area contributed by atoms with Crippen molar-refractivity contribution in [3.05, 3.63) is 28.8 Å². The number of nitrogens with one attached hydrogen (secondary N) is 1. The van der Waals surface area contributed by atoms with Gasteiger partial charge in [0.15, 0.2) is 0 Å². The highest BCUT2D eigenvalue weighted by Crippen LogP contribution is 2.28. The lowest BCUT2D eigenvalue weighted by Gasteiger charge is -2.31. The maximum atomic E-state index is 12.5. The number of sulfonamides is 1. The number of hydrogen-bond acceptors (Lipinski definition) is 3. The van der Waals surface area contributed by atoms with Crippen molar-refractivity contribution in [2.24, 2.45) is 5.92 Å². The van der Waals surface area contributed by atoms with E-state index in [1.807, 2.05) is 20.8 Å². The number of rotatable bonds is 6. The molecule has 7 heteroatoms. The third-order valence-electron chi connectivity index (χ3n) is 3.87. The van der Waals surface area contributed by atoms with Crippen LogP contribution in [0.2, 0.25) is 5.02 Å². The van der Waals surface area contributed by atoms with E-state index < -0.39 is 16.1 Å². The second-order valence-corrected chi connectivity index (χ2v) is 8.50. The Hall–Kier alpha value is -1.27. The molecule has 1 amide bonds. The Morgan fingerprint density at radius 2 is 1.78 bits per heavy atom. The molecule has 130 valence electrons. The zero-order valence-corrected chi connectivity index (χ0v) is 16.0. The van der Waals surface area contributed by atoms with Gasteiger partial charge in [-0.05, 0) is 44.4 Å². The molecule has 0 unspecified atom stereocenters. The minimum Gasteiger partial charge on any atom is -0.352 e. The van der Waals surface area contributed by atoms with Gasteiger partial charge >= 0.3 is 0 Å². The van der Waals surface area contributed by atoms with Gasteiger partial charge in [-0.3, -0.25) is 9.10 Å².